The predicted molar refractivity (Wildman–Crippen MR) is 84.0 cm³/mol. The van der Waals surface area contributed by atoms with Crippen LogP contribution < -0.4 is 5.73 Å². The van der Waals surface area contributed by atoms with Gasteiger partial charge in [0.15, 0.2) is 0 Å². The number of thiophene rings is 1. The second kappa shape index (κ2) is 5.61. The molecule has 0 spiro atoms. The largest absolute Gasteiger partial charge is 0.341 e. The van der Waals surface area contributed by atoms with Crippen molar-refractivity contribution in [1.29, 1.82) is 0 Å². The number of aromatic nitrogens is 2. The third-order valence-electron chi connectivity index (χ3n) is 3.37. The van der Waals surface area contributed by atoms with Crippen molar-refractivity contribution in [3.05, 3.63) is 64.9 Å². The first kappa shape index (κ1) is 13.1. The summed E-state index contributed by atoms with van der Waals surface area (Å²) in [5.74, 6) is 1.05. The molecule has 0 aliphatic rings. The molecule has 1 atom stereocenters. The summed E-state index contributed by atoms with van der Waals surface area (Å²) in [5, 5.41) is 0. The maximum Gasteiger partial charge on any atom is 0.115 e. The van der Waals surface area contributed by atoms with Crippen molar-refractivity contribution in [3.8, 4) is 10.6 Å². The highest BCUT2D eigenvalue weighted by atomic mass is 32.1. The molecule has 0 fully saturated rings. The Morgan fingerprint density at radius 1 is 1.20 bits per heavy atom. The van der Waals surface area contributed by atoms with Gasteiger partial charge in [-0.2, -0.15) is 0 Å². The topological polar surface area (TPSA) is 54.7 Å². The van der Waals surface area contributed by atoms with Crippen LogP contribution in [0.15, 0.2) is 48.7 Å². The van der Waals surface area contributed by atoms with Crippen molar-refractivity contribution in [2.24, 2.45) is 5.73 Å². The number of rotatable bonds is 4. The average molecular weight is 283 g/mol. The van der Waals surface area contributed by atoms with Gasteiger partial charge in [-0.05, 0) is 24.6 Å². The zero-order chi connectivity index (χ0) is 13.9. The van der Waals surface area contributed by atoms with E-state index in [-0.39, 0.29) is 5.92 Å². The molecular formula is C16H17N3S. The number of H-pyrrole nitrogens is 1. The smallest absolute Gasteiger partial charge is 0.115 e. The molecule has 0 saturated carbocycles. The molecule has 2 heterocycles. The molecule has 2 aromatic heterocycles. The quantitative estimate of drug-likeness (QED) is 0.769. The van der Waals surface area contributed by atoms with E-state index in [2.05, 4.69) is 41.2 Å². The van der Waals surface area contributed by atoms with E-state index >= 15 is 0 Å². The Kier molecular flexibility index (Phi) is 3.67. The summed E-state index contributed by atoms with van der Waals surface area (Å²) in [6, 6.07) is 14.5. The number of aryl methyl sites for hydroxylation is 1. The van der Waals surface area contributed by atoms with Crippen LogP contribution in [0.3, 0.4) is 0 Å². The van der Waals surface area contributed by atoms with E-state index in [1.54, 1.807) is 11.3 Å². The second-order valence-electron chi connectivity index (χ2n) is 4.79. The Morgan fingerprint density at radius 3 is 2.65 bits per heavy atom. The minimum atomic E-state index is 0.117. The van der Waals surface area contributed by atoms with Crippen molar-refractivity contribution in [2.45, 2.75) is 12.8 Å². The molecule has 1 aromatic carbocycles. The lowest BCUT2D eigenvalue weighted by Gasteiger charge is -2.12. The summed E-state index contributed by atoms with van der Waals surface area (Å²) in [7, 11) is 0. The van der Waals surface area contributed by atoms with E-state index in [1.165, 1.54) is 15.3 Å². The standard InChI is InChI=1S/C16H17N3S/c1-11-7-8-15(20-11)14-10-18-16(19-14)13(9-17)12-5-3-2-4-6-12/h2-8,10,13H,9,17H2,1H3,(H,18,19). The number of hydrogen-bond donors (Lipinski definition) is 2. The van der Waals surface area contributed by atoms with Crippen LogP contribution in [-0.4, -0.2) is 16.5 Å². The molecule has 3 rings (SSSR count). The molecular weight excluding hydrogens is 266 g/mol. The highest BCUT2D eigenvalue weighted by Gasteiger charge is 2.16. The third-order valence-corrected chi connectivity index (χ3v) is 4.40. The van der Waals surface area contributed by atoms with Gasteiger partial charge in [-0.3, -0.25) is 0 Å². The Bertz CT molecular complexity index is 685. The zero-order valence-corrected chi connectivity index (χ0v) is 12.2. The Labute approximate surface area is 122 Å². The van der Waals surface area contributed by atoms with E-state index in [9.17, 15) is 0 Å². The number of hydrogen-bond acceptors (Lipinski definition) is 3. The first-order valence-corrected chi connectivity index (χ1v) is 7.46. The summed E-state index contributed by atoms with van der Waals surface area (Å²) >= 11 is 1.77. The van der Waals surface area contributed by atoms with Crippen LogP contribution in [0.2, 0.25) is 0 Å². The van der Waals surface area contributed by atoms with Crippen LogP contribution in [0, 0.1) is 6.92 Å². The lowest BCUT2D eigenvalue weighted by Crippen LogP contribution is -2.15. The molecule has 3 aromatic rings. The molecule has 4 heteroatoms. The molecule has 102 valence electrons. The highest BCUT2D eigenvalue weighted by Crippen LogP contribution is 2.28. The third kappa shape index (κ3) is 2.53. The summed E-state index contributed by atoms with van der Waals surface area (Å²) in [4.78, 5) is 10.4. The van der Waals surface area contributed by atoms with E-state index in [1.807, 2.05) is 24.4 Å². The van der Waals surface area contributed by atoms with Crippen molar-refractivity contribution < 1.29 is 0 Å². The van der Waals surface area contributed by atoms with Gasteiger partial charge in [-0.15, -0.1) is 11.3 Å². The summed E-state index contributed by atoms with van der Waals surface area (Å²) in [6.07, 6.45) is 1.90. The Morgan fingerprint density at radius 2 is 2.00 bits per heavy atom. The number of aromatic amines is 1. The molecule has 0 aliphatic heterocycles. The maximum atomic E-state index is 5.93. The maximum absolute atomic E-state index is 5.93. The van der Waals surface area contributed by atoms with Crippen LogP contribution in [0.5, 0.6) is 0 Å². The molecule has 3 nitrogen and oxygen atoms in total. The first-order valence-electron chi connectivity index (χ1n) is 6.64. The predicted octanol–water partition coefficient (Wildman–Crippen LogP) is 3.54. The molecule has 20 heavy (non-hydrogen) atoms. The van der Waals surface area contributed by atoms with Crippen LogP contribution >= 0.6 is 11.3 Å². The van der Waals surface area contributed by atoms with E-state index in [0.29, 0.717) is 6.54 Å². The van der Waals surface area contributed by atoms with Gasteiger partial charge in [0.1, 0.15) is 5.82 Å². The SMILES string of the molecule is Cc1ccc(-c2cnc(C(CN)c3ccccc3)[nH]2)s1. The van der Waals surface area contributed by atoms with Gasteiger partial charge in [0.05, 0.1) is 22.7 Å². The minimum absolute atomic E-state index is 0.117. The molecule has 1 unspecified atom stereocenters. The fraction of sp³-hybridized carbons (Fsp3) is 0.188. The zero-order valence-electron chi connectivity index (χ0n) is 11.3. The number of nitrogens with zero attached hydrogens (tertiary/aromatic N) is 1. The van der Waals surface area contributed by atoms with Gasteiger partial charge in [0.25, 0.3) is 0 Å². The van der Waals surface area contributed by atoms with Crippen molar-refractivity contribution in [2.75, 3.05) is 6.54 Å². The molecule has 0 bridgehead atoms. The summed E-state index contributed by atoms with van der Waals surface area (Å²) < 4.78 is 0. The van der Waals surface area contributed by atoms with Gasteiger partial charge < -0.3 is 10.7 Å². The van der Waals surface area contributed by atoms with Crippen LogP contribution in [0.4, 0.5) is 0 Å². The normalized spacial score (nSPS) is 12.5. The number of benzene rings is 1. The molecule has 0 aliphatic carbocycles. The lowest BCUT2D eigenvalue weighted by molar-refractivity contribution is 0.765. The van der Waals surface area contributed by atoms with Crippen molar-refractivity contribution in [1.82, 2.24) is 9.97 Å². The molecule has 3 N–H and O–H groups in total. The van der Waals surface area contributed by atoms with E-state index in [4.69, 9.17) is 5.73 Å². The average Bonchev–Trinajstić information content (AvgIpc) is 3.10. The second-order valence-corrected chi connectivity index (χ2v) is 6.08. The van der Waals surface area contributed by atoms with E-state index in [0.717, 1.165) is 11.5 Å². The monoisotopic (exact) mass is 283 g/mol. The van der Waals surface area contributed by atoms with Gasteiger partial charge in [-0.1, -0.05) is 30.3 Å². The highest BCUT2D eigenvalue weighted by molar-refractivity contribution is 7.15. The fourth-order valence-corrected chi connectivity index (χ4v) is 3.14. The van der Waals surface area contributed by atoms with Crippen LogP contribution in [-0.2, 0) is 0 Å². The lowest BCUT2D eigenvalue weighted by atomic mass is 9.99. The number of nitrogens with one attached hydrogen (secondary N) is 1. The van der Waals surface area contributed by atoms with Crippen molar-refractivity contribution >= 4 is 11.3 Å². The molecule has 0 amide bonds. The Balaban J connectivity index is 1.92. The first-order chi connectivity index (χ1) is 9.78. The molecule has 0 saturated heterocycles. The Hall–Kier alpha value is -1.91. The van der Waals surface area contributed by atoms with Gasteiger partial charge in [-0.25, -0.2) is 4.98 Å². The summed E-state index contributed by atoms with van der Waals surface area (Å²) in [5.41, 5.74) is 8.19. The van der Waals surface area contributed by atoms with Crippen LogP contribution in [0.1, 0.15) is 22.2 Å². The van der Waals surface area contributed by atoms with Gasteiger partial charge >= 0.3 is 0 Å². The minimum Gasteiger partial charge on any atom is -0.341 e. The summed E-state index contributed by atoms with van der Waals surface area (Å²) in [6.45, 7) is 2.65. The molecule has 0 radical (unpaired) electrons. The number of imidazole rings is 1. The fourth-order valence-electron chi connectivity index (χ4n) is 2.31. The van der Waals surface area contributed by atoms with Crippen molar-refractivity contribution in [3.63, 3.8) is 0 Å². The van der Waals surface area contributed by atoms with Gasteiger partial charge in [0, 0.05) is 11.4 Å². The van der Waals surface area contributed by atoms with E-state index < -0.39 is 0 Å². The van der Waals surface area contributed by atoms with Gasteiger partial charge in [0.2, 0.25) is 0 Å². The number of nitrogens with two attached hydrogens (primary N) is 1. The van der Waals surface area contributed by atoms with Crippen LogP contribution in [0.25, 0.3) is 10.6 Å².